The van der Waals surface area contributed by atoms with Crippen molar-refractivity contribution in [3.05, 3.63) is 66.6 Å². The molecule has 2 heterocycles. The van der Waals surface area contributed by atoms with Crippen LogP contribution in [0.5, 0.6) is 0 Å². The Hall–Kier alpha value is -3.24. The third-order valence-electron chi connectivity index (χ3n) is 4.72. The first kappa shape index (κ1) is 20.0. The number of hydrogen-bond acceptors (Lipinski definition) is 4. The SMILES string of the molecule is CNS(=O)(=O)c1ccc(-c2ccnc3ccc(-c4cn[nH]c4C(F)(F)F)cc23)cc1. The quantitative estimate of drug-likeness (QED) is 0.506. The van der Waals surface area contributed by atoms with Crippen LogP contribution in [0.15, 0.2) is 65.8 Å². The Bertz CT molecular complexity index is 1330. The van der Waals surface area contributed by atoms with Gasteiger partial charge in [-0.25, -0.2) is 13.1 Å². The van der Waals surface area contributed by atoms with Gasteiger partial charge >= 0.3 is 6.18 Å². The Morgan fingerprint density at radius 1 is 0.967 bits per heavy atom. The summed E-state index contributed by atoms with van der Waals surface area (Å²) in [4.78, 5) is 4.39. The summed E-state index contributed by atoms with van der Waals surface area (Å²) in [7, 11) is -2.25. The first-order chi connectivity index (χ1) is 14.2. The lowest BCUT2D eigenvalue weighted by molar-refractivity contribution is -0.140. The lowest BCUT2D eigenvalue weighted by atomic mass is 9.97. The molecule has 0 atom stereocenters. The first-order valence-corrected chi connectivity index (χ1v) is 10.2. The summed E-state index contributed by atoms with van der Waals surface area (Å²) in [6.45, 7) is 0. The van der Waals surface area contributed by atoms with E-state index in [-0.39, 0.29) is 10.5 Å². The minimum Gasteiger partial charge on any atom is -0.273 e. The molecule has 0 spiro atoms. The van der Waals surface area contributed by atoms with Crippen molar-refractivity contribution in [3.8, 4) is 22.3 Å². The van der Waals surface area contributed by atoms with Crippen molar-refractivity contribution < 1.29 is 21.6 Å². The maximum absolute atomic E-state index is 13.3. The highest BCUT2D eigenvalue weighted by atomic mass is 32.2. The molecule has 10 heteroatoms. The fourth-order valence-corrected chi connectivity index (χ4v) is 3.95. The number of fused-ring (bicyclic) bond motifs is 1. The van der Waals surface area contributed by atoms with Gasteiger partial charge in [0.05, 0.1) is 16.6 Å². The van der Waals surface area contributed by atoms with Gasteiger partial charge in [-0.15, -0.1) is 0 Å². The summed E-state index contributed by atoms with van der Waals surface area (Å²) in [5.41, 5.74) is 1.38. The van der Waals surface area contributed by atoms with Crippen molar-refractivity contribution in [2.45, 2.75) is 11.1 Å². The van der Waals surface area contributed by atoms with Crippen LogP contribution in [0.1, 0.15) is 5.69 Å². The largest absolute Gasteiger partial charge is 0.433 e. The molecule has 0 amide bonds. The Morgan fingerprint density at radius 3 is 2.33 bits per heavy atom. The van der Waals surface area contributed by atoms with Crippen LogP contribution in [0, 0.1) is 0 Å². The van der Waals surface area contributed by atoms with Crippen LogP contribution in [0.4, 0.5) is 13.2 Å². The van der Waals surface area contributed by atoms with Gasteiger partial charge in [-0.3, -0.25) is 10.1 Å². The van der Waals surface area contributed by atoms with E-state index in [1.165, 1.54) is 19.2 Å². The molecule has 30 heavy (non-hydrogen) atoms. The Morgan fingerprint density at radius 2 is 1.67 bits per heavy atom. The maximum Gasteiger partial charge on any atom is 0.433 e. The van der Waals surface area contributed by atoms with Crippen molar-refractivity contribution in [1.29, 1.82) is 0 Å². The number of halogens is 3. The van der Waals surface area contributed by atoms with Gasteiger partial charge < -0.3 is 0 Å². The number of benzene rings is 2. The average Bonchev–Trinajstić information content (AvgIpc) is 3.24. The van der Waals surface area contributed by atoms with E-state index in [1.807, 2.05) is 5.10 Å². The smallest absolute Gasteiger partial charge is 0.273 e. The van der Waals surface area contributed by atoms with E-state index in [0.717, 1.165) is 6.20 Å². The monoisotopic (exact) mass is 432 g/mol. The molecular weight excluding hydrogens is 417 g/mol. The van der Waals surface area contributed by atoms with Crippen molar-refractivity contribution in [3.63, 3.8) is 0 Å². The third kappa shape index (κ3) is 3.55. The fraction of sp³-hybridized carbons (Fsp3) is 0.100. The fourth-order valence-electron chi connectivity index (χ4n) is 3.22. The molecule has 0 bridgehead atoms. The molecule has 2 aromatic carbocycles. The van der Waals surface area contributed by atoms with Gasteiger partial charge in [0, 0.05) is 17.1 Å². The second-order valence-electron chi connectivity index (χ2n) is 6.48. The summed E-state index contributed by atoms with van der Waals surface area (Å²) in [6.07, 6.45) is -1.83. The lowest BCUT2D eigenvalue weighted by Gasteiger charge is -2.11. The Kier molecular flexibility index (Phi) is 4.83. The zero-order chi connectivity index (χ0) is 21.5. The number of rotatable bonds is 4. The van der Waals surface area contributed by atoms with Gasteiger partial charge in [-0.1, -0.05) is 18.2 Å². The normalized spacial score (nSPS) is 12.4. The minimum atomic E-state index is -4.56. The van der Waals surface area contributed by atoms with Crippen molar-refractivity contribution in [2.24, 2.45) is 0 Å². The number of nitrogens with one attached hydrogen (secondary N) is 2. The van der Waals surface area contributed by atoms with Crippen LogP contribution in [0.3, 0.4) is 0 Å². The summed E-state index contributed by atoms with van der Waals surface area (Å²) in [5.74, 6) is 0. The van der Waals surface area contributed by atoms with Crippen LogP contribution < -0.4 is 4.72 Å². The second-order valence-corrected chi connectivity index (χ2v) is 8.37. The molecule has 154 valence electrons. The number of sulfonamides is 1. The molecule has 4 aromatic rings. The van der Waals surface area contributed by atoms with Crippen LogP contribution in [-0.4, -0.2) is 30.6 Å². The standard InChI is InChI=1S/C20H15F3N4O2S/c1-24-30(28,29)14-5-2-12(3-6-14)15-8-9-25-18-7-4-13(10-16(15)18)17-11-26-27-19(17)20(21,22)23/h2-11,24H,1H3,(H,26,27). The summed E-state index contributed by atoms with van der Waals surface area (Å²) in [6, 6.07) is 12.8. The third-order valence-corrected chi connectivity index (χ3v) is 6.15. The summed E-state index contributed by atoms with van der Waals surface area (Å²) in [5, 5.41) is 6.19. The van der Waals surface area contributed by atoms with Crippen LogP contribution in [-0.2, 0) is 16.2 Å². The summed E-state index contributed by atoms with van der Waals surface area (Å²) >= 11 is 0. The van der Waals surface area contributed by atoms with Crippen LogP contribution in [0.25, 0.3) is 33.2 Å². The highest BCUT2D eigenvalue weighted by Crippen LogP contribution is 2.37. The minimum absolute atomic E-state index is 0.0605. The van der Waals surface area contributed by atoms with Gasteiger partial charge in [-0.2, -0.15) is 18.3 Å². The van der Waals surface area contributed by atoms with E-state index in [1.54, 1.807) is 42.6 Å². The predicted molar refractivity (Wildman–Crippen MR) is 106 cm³/mol. The summed E-state index contributed by atoms with van der Waals surface area (Å²) < 4.78 is 65.9. The molecule has 0 saturated carbocycles. The molecule has 0 unspecified atom stereocenters. The van der Waals surface area contributed by atoms with Gasteiger partial charge in [0.1, 0.15) is 5.69 Å². The van der Waals surface area contributed by atoms with Crippen LogP contribution >= 0.6 is 0 Å². The molecule has 0 fully saturated rings. The van der Waals surface area contributed by atoms with E-state index >= 15 is 0 Å². The second kappa shape index (κ2) is 7.22. The van der Waals surface area contributed by atoms with Crippen LogP contribution in [0.2, 0.25) is 0 Å². The first-order valence-electron chi connectivity index (χ1n) is 8.74. The van der Waals surface area contributed by atoms with Crippen molar-refractivity contribution in [2.75, 3.05) is 7.05 Å². The maximum atomic E-state index is 13.3. The zero-order valence-electron chi connectivity index (χ0n) is 15.5. The molecule has 4 rings (SSSR count). The van der Waals surface area contributed by atoms with E-state index in [2.05, 4.69) is 14.8 Å². The molecule has 0 radical (unpaired) electrons. The highest BCUT2D eigenvalue weighted by Gasteiger charge is 2.35. The Balaban J connectivity index is 1.85. The van der Waals surface area contributed by atoms with Gasteiger partial charge in [0.15, 0.2) is 0 Å². The molecular formula is C20H15F3N4O2S. The number of pyridine rings is 1. The van der Waals surface area contributed by atoms with Gasteiger partial charge in [0.2, 0.25) is 10.0 Å². The number of aromatic nitrogens is 3. The molecule has 0 aliphatic heterocycles. The molecule has 0 aliphatic rings. The molecule has 2 aromatic heterocycles. The van der Waals surface area contributed by atoms with E-state index in [4.69, 9.17) is 0 Å². The van der Waals surface area contributed by atoms with E-state index < -0.39 is 21.9 Å². The molecule has 2 N–H and O–H groups in total. The zero-order valence-corrected chi connectivity index (χ0v) is 16.3. The number of nitrogens with zero attached hydrogens (tertiary/aromatic N) is 2. The van der Waals surface area contributed by atoms with E-state index in [9.17, 15) is 21.6 Å². The number of aromatic amines is 1. The molecule has 0 saturated heterocycles. The number of H-pyrrole nitrogens is 1. The predicted octanol–water partition coefficient (Wildman–Crippen LogP) is 4.22. The van der Waals surface area contributed by atoms with E-state index in [0.29, 0.717) is 27.6 Å². The molecule has 0 aliphatic carbocycles. The molecule has 6 nitrogen and oxygen atoms in total. The van der Waals surface area contributed by atoms with Gasteiger partial charge in [-0.05, 0) is 54.1 Å². The van der Waals surface area contributed by atoms with Crippen molar-refractivity contribution >= 4 is 20.9 Å². The highest BCUT2D eigenvalue weighted by molar-refractivity contribution is 7.89. The number of hydrogen-bond donors (Lipinski definition) is 2. The van der Waals surface area contributed by atoms with Crippen molar-refractivity contribution in [1.82, 2.24) is 19.9 Å². The average molecular weight is 432 g/mol. The lowest BCUT2D eigenvalue weighted by Crippen LogP contribution is -2.18. The number of alkyl halides is 3. The Labute approximate surface area is 169 Å². The topological polar surface area (TPSA) is 87.7 Å². The van der Waals surface area contributed by atoms with Gasteiger partial charge in [0.25, 0.3) is 0 Å².